The van der Waals surface area contributed by atoms with Crippen LogP contribution in [0.5, 0.6) is 0 Å². The Kier molecular flexibility index (Phi) is 3.83. The largest absolute Gasteiger partial charge is 0.306 e. The third kappa shape index (κ3) is 2.50. The molecule has 2 aromatic rings. The Balaban J connectivity index is 2.13. The first-order chi connectivity index (χ1) is 10.1. The molecule has 3 N–H and O–H groups in total. The predicted molar refractivity (Wildman–Crippen MR) is 80.2 cm³/mol. The summed E-state index contributed by atoms with van der Waals surface area (Å²) in [6, 6.07) is 5.34. The number of fused-ring (bicyclic) bond motifs is 1. The summed E-state index contributed by atoms with van der Waals surface area (Å²) >= 11 is 0. The van der Waals surface area contributed by atoms with E-state index in [-0.39, 0.29) is 10.8 Å². The van der Waals surface area contributed by atoms with E-state index in [1.54, 1.807) is 22.7 Å². The number of anilines is 1. The van der Waals surface area contributed by atoms with E-state index in [1.165, 1.54) is 4.31 Å². The molecule has 0 unspecified atom stereocenters. The summed E-state index contributed by atoms with van der Waals surface area (Å²) in [7, 11) is -3.62. The summed E-state index contributed by atoms with van der Waals surface area (Å²) in [6.45, 7) is 1.10. The van der Waals surface area contributed by atoms with Crippen LogP contribution in [0.3, 0.4) is 0 Å². The van der Waals surface area contributed by atoms with Crippen LogP contribution in [0.25, 0.3) is 5.65 Å². The molecule has 1 saturated heterocycles. The predicted octanol–water partition coefficient (Wildman–Crippen LogP) is 1.18. The highest BCUT2D eigenvalue weighted by molar-refractivity contribution is 7.89. The number of rotatable bonds is 3. The number of nitrogens with zero attached hydrogens (tertiary/aromatic N) is 3. The number of hydrogen-bond acceptors (Lipinski definition) is 5. The Hall–Kier alpha value is -1.64. The van der Waals surface area contributed by atoms with Crippen molar-refractivity contribution < 1.29 is 8.42 Å². The number of nitrogen functional groups attached to an aromatic ring is 1. The van der Waals surface area contributed by atoms with Gasteiger partial charge in [-0.3, -0.25) is 4.40 Å². The molecular formula is C13H19N5O2S. The van der Waals surface area contributed by atoms with Crippen molar-refractivity contribution in [3.05, 3.63) is 24.4 Å². The fourth-order valence-electron chi connectivity index (χ4n) is 2.72. The van der Waals surface area contributed by atoms with Crippen LogP contribution in [0, 0.1) is 0 Å². The number of imidazole rings is 1. The lowest BCUT2D eigenvalue weighted by Crippen LogP contribution is -2.33. The molecule has 8 heteroatoms. The van der Waals surface area contributed by atoms with Gasteiger partial charge in [-0.15, -0.1) is 0 Å². The minimum Gasteiger partial charge on any atom is -0.306 e. The van der Waals surface area contributed by atoms with Crippen molar-refractivity contribution in [1.82, 2.24) is 13.7 Å². The zero-order chi connectivity index (χ0) is 14.9. The van der Waals surface area contributed by atoms with Gasteiger partial charge < -0.3 is 5.43 Å². The first-order valence-corrected chi connectivity index (χ1v) is 8.52. The molecule has 21 heavy (non-hydrogen) atoms. The molecule has 0 bridgehead atoms. The maximum absolute atomic E-state index is 13.0. The normalized spacial score (nSPS) is 17.8. The molecule has 7 nitrogen and oxygen atoms in total. The van der Waals surface area contributed by atoms with Crippen LogP contribution in [0.4, 0.5) is 5.82 Å². The number of hydrogen-bond donors (Lipinski definition) is 2. The second-order valence-corrected chi connectivity index (χ2v) is 7.01. The molecule has 3 heterocycles. The van der Waals surface area contributed by atoms with Crippen molar-refractivity contribution in [1.29, 1.82) is 0 Å². The van der Waals surface area contributed by atoms with Crippen LogP contribution in [0.1, 0.15) is 25.7 Å². The molecule has 0 aliphatic carbocycles. The molecule has 0 spiro atoms. The Morgan fingerprint density at radius 3 is 2.52 bits per heavy atom. The van der Waals surface area contributed by atoms with Crippen LogP contribution in [0.15, 0.2) is 29.4 Å². The van der Waals surface area contributed by atoms with Crippen molar-refractivity contribution in [3.8, 4) is 0 Å². The second kappa shape index (κ2) is 5.63. The molecule has 0 atom stereocenters. The van der Waals surface area contributed by atoms with Crippen molar-refractivity contribution in [2.24, 2.45) is 5.84 Å². The molecule has 114 valence electrons. The summed E-state index contributed by atoms with van der Waals surface area (Å²) in [5.74, 6) is 5.65. The van der Waals surface area contributed by atoms with Gasteiger partial charge in [0.15, 0.2) is 5.82 Å². The molecule has 1 aliphatic rings. The van der Waals surface area contributed by atoms with Crippen LogP contribution < -0.4 is 11.3 Å². The average molecular weight is 309 g/mol. The lowest BCUT2D eigenvalue weighted by atomic mass is 10.2. The van der Waals surface area contributed by atoms with E-state index >= 15 is 0 Å². The smallest absolute Gasteiger partial charge is 0.262 e. The van der Waals surface area contributed by atoms with Crippen molar-refractivity contribution in [2.75, 3.05) is 18.5 Å². The van der Waals surface area contributed by atoms with Gasteiger partial charge >= 0.3 is 0 Å². The minimum atomic E-state index is -3.62. The maximum atomic E-state index is 13.0. The molecule has 0 radical (unpaired) electrons. The van der Waals surface area contributed by atoms with Gasteiger partial charge in [0, 0.05) is 19.3 Å². The molecule has 0 amide bonds. The zero-order valence-corrected chi connectivity index (χ0v) is 12.5. The monoisotopic (exact) mass is 309 g/mol. The number of pyridine rings is 1. The molecule has 1 fully saturated rings. The SMILES string of the molecule is NNc1nc2ccccn2c1S(=O)(=O)N1CCCCCC1. The summed E-state index contributed by atoms with van der Waals surface area (Å²) in [5, 5.41) is 0.113. The zero-order valence-electron chi connectivity index (χ0n) is 11.7. The summed E-state index contributed by atoms with van der Waals surface area (Å²) < 4.78 is 29.0. The third-order valence-electron chi connectivity index (χ3n) is 3.77. The lowest BCUT2D eigenvalue weighted by molar-refractivity contribution is 0.421. The molecule has 2 aromatic heterocycles. The quantitative estimate of drug-likeness (QED) is 0.656. The number of nitrogens with two attached hydrogens (primary N) is 1. The number of aromatic nitrogens is 2. The molecular weight excluding hydrogens is 290 g/mol. The van der Waals surface area contributed by atoms with Gasteiger partial charge in [-0.1, -0.05) is 18.9 Å². The first-order valence-electron chi connectivity index (χ1n) is 7.08. The van der Waals surface area contributed by atoms with Crippen molar-refractivity contribution in [3.63, 3.8) is 0 Å². The number of sulfonamides is 1. The highest BCUT2D eigenvalue weighted by Crippen LogP contribution is 2.27. The van der Waals surface area contributed by atoms with Gasteiger partial charge in [-0.2, -0.15) is 4.31 Å². The summed E-state index contributed by atoms with van der Waals surface area (Å²) in [5.41, 5.74) is 2.96. The third-order valence-corrected chi connectivity index (χ3v) is 5.70. The fraction of sp³-hybridized carbons (Fsp3) is 0.462. The van der Waals surface area contributed by atoms with Crippen LogP contribution in [0.2, 0.25) is 0 Å². The van der Waals surface area contributed by atoms with Crippen molar-refractivity contribution >= 4 is 21.5 Å². The Morgan fingerprint density at radius 1 is 1.14 bits per heavy atom. The summed E-state index contributed by atoms with van der Waals surface area (Å²) in [6.07, 6.45) is 5.61. The number of nitrogens with one attached hydrogen (secondary N) is 1. The fourth-order valence-corrected chi connectivity index (χ4v) is 4.45. The average Bonchev–Trinajstić information content (AvgIpc) is 2.66. The highest BCUT2D eigenvalue weighted by Gasteiger charge is 2.31. The Labute approximate surface area is 123 Å². The van der Waals surface area contributed by atoms with Gasteiger partial charge in [-0.05, 0) is 25.0 Å². The van der Waals surface area contributed by atoms with Crippen LogP contribution in [-0.4, -0.2) is 35.2 Å². The maximum Gasteiger partial charge on any atom is 0.262 e. The van der Waals surface area contributed by atoms with E-state index in [9.17, 15) is 8.42 Å². The van der Waals surface area contributed by atoms with Gasteiger partial charge in [0.1, 0.15) is 5.65 Å². The Bertz CT molecular complexity index is 732. The van der Waals surface area contributed by atoms with Crippen LogP contribution >= 0.6 is 0 Å². The van der Waals surface area contributed by atoms with E-state index in [1.807, 2.05) is 6.07 Å². The van der Waals surface area contributed by atoms with Gasteiger partial charge in [0.2, 0.25) is 5.03 Å². The topological polar surface area (TPSA) is 92.7 Å². The minimum absolute atomic E-state index is 0.113. The van der Waals surface area contributed by atoms with E-state index in [2.05, 4.69) is 10.4 Å². The first kappa shape index (κ1) is 14.3. The molecule has 3 rings (SSSR count). The van der Waals surface area contributed by atoms with Gasteiger partial charge in [-0.25, -0.2) is 19.2 Å². The van der Waals surface area contributed by atoms with E-state index in [0.717, 1.165) is 25.7 Å². The standard InChI is InChI=1S/C13H19N5O2S/c14-16-12-13(18-10-6-3-7-11(18)15-12)21(19,20)17-8-4-1-2-5-9-17/h3,6-7,10,16H,1-2,4-5,8-9,14H2. The van der Waals surface area contributed by atoms with E-state index in [0.29, 0.717) is 18.7 Å². The molecule has 0 aromatic carbocycles. The second-order valence-electron chi connectivity index (χ2n) is 5.16. The molecule has 0 saturated carbocycles. The van der Waals surface area contributed by atoms with Crippen LogP contribution in [-0.2, 0) is 10.0 Å². The van der Waals surface area contributed by atoms with E-state index in [4.69, 9.17) is 5.84 Å². The van der Waals surface area contributed by atoms with Gasteiger partial charge in [0.25, 0.3) is 10.0 Å². The number of hydrazine groups is 1. The Morgan fingerprint density at radius 2 is 1.86 bits per heavy atom. The lowest BCUT2D eigenvalue weighted by Gasteiger charge is -2.20. The molecule has 1 aliphatic heterocycles. The summed E-state index contributed by atoms with van der Waals surface area (Å²) in [4.78, 5) is 4.24. The highest BCUT2D eigenvalue weighted by atomic mass is 32.2. The van der Waals surface area contributed by atoms with E-state index < -0.39 is 10.0 Å². The van der Waals surface area contributed by atoms with Crippen molar-refractivity contribution in [2.45, 2.75) is 30.7 Å². The van der Waals surface area contributed by atoms with Gasteiger partial charge in [0.05, 0.1) is 0 Å².